The van der Waals surface area contributed by atoms with Crippen molar-refractivity contribution in [1.29, 1.82) is 0 Å². The number of ketones is 1. The van der Waals surface area contributed by atoms with Crippen LogP contribution < -0.4 is 0 Å². The van der Waals surface area contributed by atoms with E-state index in [-0.39, 0.29) is 17.8 Å². The van der Waals surface area contributed by atoms with E-state index in [0.717, 1.165) is 4.90 Å². The molecule has 0 aromatic heterocycles. The molecule has 0 aliphatic rings. The molecule has 98 valence electrons. The summed E-state index contributed by atoms with van der Waals surface area (Å²) in [7, 11) is 0. The predicted octanol–water partition coefficient (Wildman–Crippen LogP) is 4.38. The van der Waals surface area contributed by atoms with Crippen molar-refractivity contribution in [3.8, 4) is 0 Å². The summed E-state index contributed by atoms with van der Waals surface area (Å²) < 4.78 is 13.5. The van der Waals surface area contributed by atoms with Crippen LogP contribution in [-0.4, -0.2) is 11.5 Å². The summed E-state index contributed by atoms with van der Waals surface area (Å²) in [6.45, 7) is 0. The molecule has 19 heavy (non-hydrogen) atoms. The fourth-order valence-corrected chi connectivity index (χ4v) is 2.64. The van der Waals surface area contributed by atoms with Crippen LogP contribution in [0.15, 0.2) is 53.4 Å². The largest absolute Gasteiger partial charge is 0.298 e. The highest BCUT2D eigenvalue weighted by molar-refractivity contribution is 8.00. The summed E-state index contributed by atoms with van der Waals surface area (Å²) in [6, 6.07) is 14.1. The molecule has 1 nitrogen and oxygen atoms in total. The number of rotatable bonds is 5. The van der Waals surface area contributed by atoms with Crippen LogP contribution >= 0.6 is 23.4 Å². The van der Waals surface area contributed by atoms with Gasteiger partial charge in [0.1, 0.15) is 11.6 Å². The summed E-state index contributed by atoms with van der Waals surface area (Å²) in [5.74, 6) is -0.152. The van der Waals surface area contributed by atoms with Crippen molar-refractivity contribution >= 4 is 29.1 Å². The van der Waals surface area contributed by atoms with E-state index in [0.29, 0.717) is 10.8 Å². The van der Waals surface area contributed by atoms with Crippen molar-refractivity contribution in [2.45, 2.75) is 11.3 Å². The predicted molar refractivity (Wildman–Crippen MR) is 77.3 cm³/mol. The Hall–Kier alpha value is -1.32. The second-order valence-electron chi connectivity index (χ2n) is 4.02. The van der Waals surface area contributed by atoms with E-state index in [9.17, 15) is 9.18 Å². The van der Waals surface area contributed by atoms with Gasteiger partial charge in [-0.1, -0.05) is 35.9 Å². The molecule has 0 saturated carbocycles. The van der Waals surface area contributed by atoms with Gasteiger partial charge >= 0.3 is 0 Å². The fourth-order valence-electron chi connectivity index (χ4n) is 1.63. The lowest BCUT2D eigenvalue weighted by molar-refractivity contribution is -0.116. The molecule has 0 fully saturated rings. The third kappa shape index (κ3) is 4.08. The average molecular weight is 295 g/mol. The minimum Gasteiger partial charge on any atom is -0.298 e. The van der Waals surface area contributed by atoms with Crippen molar-refractivity contribution in [3.05, 3.63) is 64.9 Å². The van der Waals surface area contributed by atoms with Gasteiger partial charge in [-0.05, 0) is 24.3 Å². The Morgan fingerprint density at radius 1 is 1.11 bits per heavy atom. The molecule has 4 heteroatoms. The highest BCUT2D eigenvalue weighted by atomic mass is 35.5. The number of thioether (sulfide) groups is 1. The minimum atomic E-state index is -0.425. The van der Waals surface area contributed by atoms with Gasteiger partial charge in [0.05, 0.1) is 5.75 Å². The number of halogens is 2. The van der Waals surface area contributed by atoms with Crippen LogP contribution in [0.25, 0.3) is 0 Å². The Morgan fingerprint density at radius 3 is 2.53 bits per heavy atom. The zero-order valence-corrected chi connectivity index (χ0v) is 11.7. The van der Waals surface area contributed by atoms with E-state index in [1.165, 1.54) is 23.9 Å². The first-order valence-corrected chi connectivity index (χ1v) is 7.15. The Kier molecular flexibility index (Phi) is 5.00. The lowest BCUT2D eigenvalue weighted by Gasteiger charge is -2.05. The highest BCUT2D eigenvalue weighted by Crippen LogP contribution is 2.22. The topological polar surface area (TPSA) is 17.1 Å². The number of Topliss-reactive ketones (excluding diaryl/α,β-unsaturated/α-hetero) is 1. The maximum Gasteiger partial charge on any atom is 0.147 e. The zero-order chi connectivity index (χ0) is 13.7. The van der Waals surface area contributed by atoms with Crippen LogP contribution in [0.2, 0.25) is 5.02 Å². The van der Waals surface area contributed by atoms with Crippen molar-refractivity contribution in [2.24, 2.45) is 0 Å². The molecule has 0 saturated heterocycles. The van der Waals surface area contributed by atoms with Gasteiger partial charge < -0.3 is 0 Å². The maximum absolute atomic E-state index is 13.5. The monoisotopic (exact) mass is 294 g/mol. The van der Waals surface area contributed by atoms with Gasteiger partial charge in [-0.2, -0.15) is 0 Å². The van der Waals surface area contributed by atoms with Crippen molar-refractivity contribution in [1.82, 2.24) is 0 Å². The Balaban J connectivity index is 1.95. The first-order chi connectivity index (χ1) is 9.16. The lowest BCUT2D eigenvalue weighted by atomic mass is 10.1. The van der Waals surface area contributed by atoms with Crippen molar-refractivity contribution in [2.75, 3.05) is 5.75 Å². The number of carbonyl (C=O) groups excluding carboxylic acids is 1. The van der Waals surface area contributed by atoms with Crippen LogP contribution in [0.5, 0.6) is 0 Å². The van der Waals surface area contributed by atoms with Crippen molar-refractivity contribution in [3.63, 3.8) is 0 Å². The van der Waals surface area contributed by atoms with Gasteiger partial charge in [0.25, 0.3) is 0 Å². The smallest absolute Gasteiger partial charge is 0.147 e. The molecular formula is C15H12ClFOS. The molecule has 0 heterocycles. The second-order valence-corrected chi connectivity index (χ2v) is 5.47. The zero-order valence-electron chi connectivity index (χ0n) is 10.1. The number of hydrogen-bond donors (Lipinski definition) is 0. The van der Waals surface area contributed by atoms with Crippen LogP contribution in [-0.2, 0) is 11.2 Å². The molecule has 0 aliphatic heterocycles. The number of benzene rings is 2. The highest BCUT2D eigenvalue weighted by Gasteiger charge is 2.12. The summed E-state index contributed by atoms with van der Waals surface area (Å²) in [4.78, 5) is 12.9. The summed E-state index contributed by atoms with van der Waals surface area (Å²) in [5.41, 5.74) is 0.280. The number of hydrogen-bond acceptors (Lipinski definition) is 2. The van der Waals surface area contributed by atoms with Gasteiger partial charge in [0.2, 0.25) is 0 Å². The molecule has 0 atom stereocenters. The molecule has 0 unspecified atom stereocenters. The van der Waals surface area contributed by atoms with E-state index in [1.54, 1.807) is 6.07 Å². The molecule has 0 amide bonds. The summed E-state index contributed by atoms with van der Waals surface area (Å²) >= 11 is 7.34. The molecule has 2 aromatic carbocycles. The normalized spacial score (nSPS) is 10.4. The van der Waals surface area contributed by atoms with E-state index in [4.69, 9.17) is 11.6 Å². The van der Waals surface area contributed by atoms with Gasteiger partial charge in [0, 0.05) is 21.9 Å². The molecular weight excluding hydrogens is 283 g/mol. The third-order valence-electron chi connectivity index (χ3n) is 2.58. The third-order valence-corrected chi connectivity index (χ3v) is 4.00. The molecule has 0 N–H and O–H groups in total. The molecule has 0 radical (unpaired) electrons. The van der Waals surface area contributed by atoms with Gasteiger partial charge in [-0.15, -0.1) is 11.8 Å². The maximum atomic E-state index is 13.5. The Bertz CT molecular complexity index is 551. The van der Waals surface area contributed by atoms with Crippen LogP contribution in [0.1, 0.15) is 5.56 Å². The standard InChI is InChI=1S/C15H12ClFOS/c16-14-7-4-8-15(17)13(14)9-11(18)10-19-12-5-2-1-3-6-12/h1-8H,9-10H2. The van der Waals surface area contributed by atoms with E-state index < -0.39 is 5.82 Å². The van der Waals surface area contributed by atoms with Gasteiger partial charge in [0.15, 0.2) is 0 Å². The van der Waals surface area contributed by atoms with E-state index in [2.05, 4.69) is 0 Å². The second kappa shape index (κ2) is 6.73. The van der Waals surface area contributed by atoms with Crippen LogP contribution in [0, 0.1) is 5.82 Å². The Morgan fingerprint density at radius 2 is 1.84 bits per heavy atom. The van der Waals surface area contributed by atoms with Crippen molar-refractivity contribution < 1.29 is 9.18 Å². The SMILES string of the molecule is O=C(CSc1ccccc1)Cc1c(F)cccc1Cl. The van der Waals surface area contributed by atoms with Crippen LogP contribution in [0.3, 0.4) is 0 Å². The van der Waals surface area contributed by atoms with Crippen LogP contribution in [0.4, 0.5) is 4.39 Å². The average Bonchev–Trinajstić information content (AvgIpc) is 2.42. The molecule has 0 bridgehead atoms. The molecule has 0 spiro atoms. The number of carbonyl (C=O) groups is 1. The van der Waals surface area contributed by atoms with Gasteiger partial charge in [-0.3, -0.25) is 4.79 Å². The molecule has 2 aromatic rings. The summed E-state index contributed by atoms with van der Waals surface area (Å²) in [5, 5.41) is 0.304. The molecule has 0 aliphatic carbocycles. The van der Waals surface area contributed by atoms with E-state index >= 15 is 0 Å². The minimum absolute atomic E-state index is 0.0331. The quantitative estimate of drug-likeness (QED) is 0.761. The lowest BCUT2D eigenvalue weighted by Crippen LogP contribution is -2.07. The van der Waals surface area contributed by atoms with E-state index in [1.807, 2.05) is 30.3 Å². The fraction of sp³-hybridized carbons (Fsp3) is 0.133. The Labute approximate surface area is 120 Å². The first-order valence-electron chi connectivity index (χ1n) is 5.79. The molecule has 2 rings (SSSR count). The first kappa shape index (κ1) is 14.1. The van der Waals surface area contributed by atoms with Gasteiger partial charge in [-0.25, -0.2) is 4.39 Å². The summed E-state index contributed by atoms with van der Waals surface area (Å²) in [6.07, 6.45) is 0.0331.